The number of hydrogen-bond donors (Lipinski definition) is 1. The summed E-state index contributed by atoms with van der Waals surface area (Å²) in [5, 5.41) is 3.19. The van der Waals surface area contributed by atoms with Crippen LogP contribution in [0.2, 0.25) is 0 Å². The number of benzene rings is 1. The molecule has 0 aliphatic carbocycles. The molecule has 1 saturated heterocycles. The van der Waals surface area contributed by atoms with Crippen LogP contribution in [0.4, 0.5) is 16.2 Å². The Hall–Kier alpha value is -2.70. The van der Waals surface area contributed by atoms with Crippen LogP contribution < -0.4 is 10.2 Å². The molecule has 7 heteroatoms. The lowest BCUT2D eigenvalue weighted by Gasteiger charge is -2.35. The minimum Gasteiger partial charge on any atom is -0.354 e. The highest BCUT2D eigenvalue weighted by molar-refractivity contribution is 5.73. The molecule has 1 fully saturated rings. The van der Waals surface area contributed by atoms with E-state index < -0.39 is 0 Å². The Kier molecular flexibility index (Phi) is 5.65. The SMILES string of the molecule is CC(=O)N1CCN(c2cc(C)nc(NCCc3ccccc3F)n2)CC1. The van der Waals surface area contributed by atoms with Gasteiger partial charge in [-0.15, -0.1) is 0 Å². The molecule has 1 amide bonds. The zero-order valence-electron chi connectivity index (χ0n) is 15.2. The number of carbonyl (C=O) groups excluding carboxylic acids is 1. The minimum absolute atomic E-state index is 0.110. The fourth-order valence-corrected chi connectivity index (χ4v) is 3.05. The first-order valence-corrected chi connectivity index (χ1v) is 8.86. The van der Waals surface area contributed by atoms with Crippen molar-refractivity contribution < 1.29 is 9.18 Å². The molecule has 2 heterocycles. The van der Waals surface area contributed by atoms with Crippen molar-refractivity contribution in [3.63, 3.8) is 0 Å². The lowest BCUT2D eigenvalue weighted by molar-refractivity contribution is -0.129. The van der Waals surface area contributed by atoms with E-state index in [4.69, 9.17) is 0 Å². The van der Waals surface area contributed by atoms with E-state index in [0.717, 1.165) is 24.6 Å². The van der Waals surface area contributed by atoms with E-state index in [-0.39, 0.29) is 11.7 Å². The fraction of sp³-hybridized carbons (Fsp3) is 0.421. The molecular formula is C19H24FN5O. The molecule has 1 aliphatic rings. The van der Waals surface area contributed by atoms with E-state index in [1.54, 1.807) is 19.1 Å². The molecule has 1 aromatic carbocycles. The Morgan fingerprint density at radius 1 is 1.19 bits per heavy atom. The topological polar surface area (TPSA) is 61.4 Å². The molecule has 1 aromatic heterocycles. The van der Waals surface area contributed by atoms with E-state index >= 15 is 0 Å². The van der Waals surface area contributed by atoms with Crippen molar-refractivity contribution in [2.24, 2.45) is 0 Å². The molecule has 0 radical (unpaired) electrons. The van der Waals surface area contributed by atoms with Crippen molar-refractivity contribution in [2.45, 2.75) is 20.3 Å². The number of anilines is 2. The van der Waals surface area contributed by atoms with Gasteiger partial charge in [-0.05, 0) is 25.0 Å². The summed E-state index contributed by atoms with van der Waals surface area (Å²) < 4.78 is 13.7. The molecule has 2 aromatic rings. The summed E-state index contributed by atoms with van der Waals surface area (Å²) in [6, 6.07) is 8.73. The largest absolute Gasteiger partial charge is 0.354 e. The second kappa shape index (κ2) is 8.12. The van der Waals surface area contributed by atoms with Crippen molar-refractivity contribution >= 4 is 17.7 Å². The smallest absolute Gasteiger partial charge is 0.224 e. The maximum absolute atomic E-state index is 13.7. The predicted molar refractivity (Wildman–Crippen MR) is 99.8 cm³/mol. The monoisotopic (exact) mass is 357 g/mol. The normalized spacial score (nSPS) is 14.4. The van der Waals surface area contributed by atoms with E-state index in [2.05, 4.69) is 20.2 Å². The third-order valence-electron chi connectivity index (χ3n) is 4.52. The van der Waals surface area contributed by atoms with Gasteiger partial charge in [-0.2, -0.15) is 4.98 Å². The summed E-state index contributed by atoms with van der Waals surface area (Å²) >= 11 is 0. The highest BCUT2D eigenvalue weighted by atomic mass is 19.1. The molecule has 0 spiro atoms. The van der Waals surface area contributed by atoms with E-state index in [0.29, 0.717) is 37.6 Å². The molecule has 138 valence electrons. The van der Waals surface area contributed by atoms with Gasteiger partial charge in [0.1, 0.15) is 11.6 Å². The maximum atomic E-state index is 13.7. The number of nitrogens with one attached hydrogen (secondary N) is 1. The van der Waals surface area contributed by atoms with E-state index in [9.17, 15) is 9.18 Å². The van der Waals surface area contributed by atoms with Gasteiger partial charge in [-0.3, -0.25) is 4.79 Å². The molecule has 6 nitrogen and oxygen atoms in total. The highest BCUT2D eigenvalue weighted by Crippen LogP contribution is 2.17. The number of carbonyl (C=O) groups is 1. The van der Waals surface area contributed by atoms with Crippen LogP contribution >= 0.6 is 0 Å². The van der Waals surface area contributed by atoms with Gasteiger partial charge in [-0.25, -0.2) is 9.37 Å². The van der Waals surface area contributed by atoms with E-state index in [1.807, 2.05) is 24.0 Å². The average Bonchev–Trinajstić information content (AvgIpc) is 2.63. The van der Waals surface area contributed by atoms with Gasteiger partial charge in [0.2, 0.25) is 11.9 Å². The van der Waals surface area contributed by atoms with Crippen LogP contribution in [0.25, 0.3) is 0 Å². The Morgan fingerprint density at radius 2 is 1.92 bits per heavy atom. The number of hydrogen-bond acceptors (Lipinski definition) is 5. The zero-order valence-corrected chi connectivity index (χ0v) is 15.2. The molecule has 1 aliphatic heterocycles. The first kappa shape index (κ1) is 18.1. The molecule has 0 unspecified atom stereocenters. The number of nitrogens with zero attached hydrogens (tertiary/aromatic N) is 4. The van der Waals surface area contributed by atoms with Gasteiger partial charge < -0.3 is 15.1 Å². The van der Waals surface area contributed by atoms with Gasteiger partial charge in [-0.1, -0.05) is 18.2 Å². The van der Waals surface area contributed by atoms with Crippen LogP contribution in [-0.2, 0) is 11.2 Å². The lowest BCUT2D eigenvalue weighted by Crippen LogP contribution is -2.48. The molecule has 1 N–H and O–H groups in total. The van der Waals surface area contributed by atoms with Crippen LogP contribution in [0.3, 0.4) is 0 Å². The Balaban J connectivity index is 1.61. The lowest BCUT2D eigenvalue weighted by atomic mass is 10.1. The number of aromatic nitrogens is 2. The Morgan fingerprint density at radius 3 is 2.62 bits per heavy atom. The van der Waals surface area contributed by atoms with Crippen LogP contribution in [-0.4, -0.2) is 53.5 Å². The molecular weight excluding hydrogens is 333 g/mol. The van der Waals surface area contributed by atoms with Gasteiger partial charge in [0, 0.05) is 51.4 Å². The molecule has 26 heavy (non-hydrogen) atoms. The average molecular weight is 357 g/mol. The first-order valence-electron chi connectivity index (χ1n) is 8.86. The zero-order chi connectivity index (χ0) is 18.5. The number of halogens is 1. The third kappa shape index (κ3) is 4.47. The quantitative estimate of drug-likeness (QED) is 0.889. The van der Waals surface area contributed by atoms with Gasteiger partial charge >= 0.3 is 0 Å². The molecule has 0 saturated carbocycles. The second-order valence-corrected chi connectivity index (χ2v) is 6.45. The summed E-state index contributed by atoms with van der Waals surface area (Å²) in [4.78, 5) is 24.5. The summed E-state index contributed by atoms with van der Waals surface area (Å²) in [5.41, 5.74) is 1.55. The van der Waals surface area contributed by atoms with E-state index in [1.165, 1.54) is 6.07 Å². The number of rotatable bonds is 5. The van der Waals surface area contributed by atoms with Crippen molar-refractivity contribution in [1.82, 2.24) is 14.9 Å². The minimum atomic E-state index is -0.191. The fourth-order valence-electron chi connectivity index (χ4n) is 3.05. The van der Waals surface area contributed by atoms with Gasteiger partial charge in [0.15, 0.2) is 0 Å². The van der Waals surface area contributed by atoms with Crippen LogP contribution in [0.1, 0.15) is 18.2 Å². The molecule has 0 bridgehead atoms. The van der Waals surface area contributed by atoms with Crippen molar-refractivity contribution in [3.8, 4) is 0 Å². The summed E-state index contributed by atoms with van der Waals surface area (Å²) in [7, 11) is 0. The molecule has 0 atom stereocenters. The number of piperazine rings is 1. The van der Waals surface area contributed by atoms with Crippen LogP contribution in [0, 0.1) is 12.7 Å². The van der Waals surface area contributed by atoms with Crippen LogP contribution in [0.15, 0.2) is 30.3 Å². The second-order valence-electron chi connectivity index (χ2n) is 6.45. The Labute approximate surface area is 153 Å². The predicted octanol–water partition coefficient (Wildman–Crippen LogP) is 2.25. The first-order chi connectivity index (χ1) is 12.5. The van der Waals surface area contributed by atoms with Gasteiger partial charge in [0.05, 0.1) is 0 Å². The third-order valence-corrected chi connectivity index (χ3v) is 4.52. The van der Waals surface area contributed by atoms with Crippen LogP contribution in [0.5, 0.6) is 0 Å². The number of aryl methyl sites for hydroxylation is 1. The molecule has 3 rings (SSSR count). The van der Waals surface area contributed by atoms with Crippen molar-refractivity contribution in [3.05, 3.63) is 47.4 Å². The maximum Gasteiger partial charge on any atom is 0.224 e. The van der Waals surface area contributed by atoms with Gasteiger partial charge in [0.25, 0.3) is 0 Å². The Bertz CT molecular complexity index is 774. The summed E-state index contributed by atoms with van der Waals surface area (Å²) in [6.07, 6.45) is 0.566. The summed E-state index contributed by atoms with van der Waals surface area (Å²) in [5.74, 6) is 1.32. The standard InChI is InChI=1S/C19H24FN5O/c1-14-13-18(25-11-9-24(10-12-25)15(2)26)23-19(22-14)21-8-7-16-5-3-4-6-17(16)20/h3-6,13H,7-12H2,1-2H3,(H,21,22,23). The highest BCUT2D eigenvalue weighted by Gasteiger charge is 2.20. The van der Waals surface area contributed by atoms with Crippen molar-refractivity contribution in [1.29, 1.82) is 0 Å². The summed E-state index contributed by atoms with van der Waals surface area (Å²) in [6.45, 7) is 7.00. The van der Waals surface area contributed by atoms with Crippen molar-refractivity contribution in [2.75, 3.05) is 42.9 Å². The number of amides is 1.